The molecular weight excluding hydrogens is 318 g/mol. The van der Waals surface area contributed by atoms with Gasteiger partial charge in [-0.25, -0.2) is 8.78 Å². The number of nitrogens with one attached hydrogen (secondary N) is 1. The zero-order valence-electron chi connectivity index (χ0n) is 10.0. The maximum absolute atomic E-state index is 13.5. The molecule has 6 heteroatoms. The van der Waals surface area contributed by atoms with E-state index in [9.17, 15) is 8.78 Å². The van der Waals surface area contributed by atoms with Crippen LogP contribution in [-0.4, -0.2) is 7.11 Å². The van der Waals surface area contributed by atoms with Gasteiger partial charge < -0.3 is 15.8 Å². The molecule has 100 valence electrons. The van der Waals surface area contributed by atoms with Crippen LogP contribution in [0, 0.1) is 11.6 Å². The fourth-order valence-corrected chi connectivity index (χ4v) is 1.94. The van der Waals surface area contributed by atoms with Gasteiger partial charge >= 0.3 is 0 Å². The van der Waals surface area contributed by atoms with Crippen molar-refractivity contribution in [2.45, 2.75) is 0 Å². The summed E-state index contributed by atoms with van der Waals surface area (Å²) in [6.45, 7) is 0. The molecule has 3 nitrogen and oxygen atoms in total. The van der Waals surface area contributed by atoms with Gasteiger partial charge in [0.1, 0.15) is 17.4 Å². The highest BCUT2D eigenvalue weighted by atomic mass is 79.9. The third-order valence-electron chi connectivity index (χ3n) is 2.53. The quantitative estimate of drug-likeness (QED) is 0.835. The van der Waals surface area contributed by atoms with Crippen molar-refractivity contribution in [3.63, 3.8) is 0 Å². The van der Waals surface area contributed by atoms with Crippen molar-refractivity contribution >= 4 is 33.0 Å². The summed E-state index contributed by atoms with van der Waals surface area (Å²) >= 11 is 3.05. The minimum absolute atomic E-state index is 0.279. The summed E-state index contributed by atoms with van der Waals surface area (Å²) < 4.78 is 31.9. The molecule has 0 saturated heterocycles. The maximum atomic E-state index is 13.5. The van der Waals surface area contributed by atoms with E-state index in [-0.39, 0.29) is 4.47 Å². The van der Waals surface area contributed by atoms with Crippen molar-refractivity contribution in [3.05, 3.63) is 46.4 Å². The fourth-order valence-electron chi connectivity index (χ4n) is 1.58. The zero-order valence-corrected chi connectivity index (χ0v) is 11.6. The predicted octanol–water partition coefficient (Wildman–Crippen LogP) is 4.06. The number of ether oxygens (including phenoxy) is 1. The van der Waals surface area contributed by atoms with Crippen LogP contribution in [0.5, 0.6) is 5.75 Å². The molecular formula is C13H11BrF2N2O. The van der Waals surface area contributed by atoms with Gasteiger partial charge in [0.2, 0.25) is 0 Å². The first-order valence-corrected chi connectivity index (χ1v) is 6.15. The Morgan fingerprint density at radius 2 is 1.89 bits per heavy atom. The topological polar surface area (TPSA) is 47.3 Å². The smallest absolute Gasteiger partial charge is 0.145 e. The number of rotatable bonds is 3. The van der Waals surface area contributed by atoms with Gasteiger partial charge in [0.05, 0.1) is 28.6 Å². The van der Waals surface area contributed by atoms with E-state index >= 15 is 0 Å². The standard InChI is InChI=1S/C13H11BrF2N2O/c1-19-13-4-7(15)2-3-11(13)18-12-6-9(16)8(14)5-10(12)17/h2-6,18H,17H2,1H3. The normalized spacial score (nSPS) is 10.3. The summed E-state index contributed by atoms with van der Waals surface area (Å²) in [6, 6.07) is 6.70. The minimum atomic E-state index is -0.447. The van der Waals surface area contributed by atoms with Gasteiger partial charge in [0.25, 0.3) is 0 Å². The highest BCUT2D eigenvalue weighted by Crippen LogP contribution is 2.33. The van der Waals surface area contributed by atoms with Gasteiger partial charge in [0.15, 0.2) is 0 Å². The second-order valence-corrected chi connectivity index (χ2v) is 4.68. The van der Waals surface area contributed by atoms with Crippen LogP contribution >= 0.6 is 15.9 Å². The maximum Gasteiger partial charge on any atom is 0.145 e. The van der Waals surface area contributed by atoms with Gasteiger partial charge in [-0.3, -0.25) is 0 Å². The molecule has 0 radical (unpaired) electrons. The van der Waals surface area contributed by atoms with Crippen molar-refractivity contribution in [1.29, 1.82) is 0 Å². The average molecular weight is 329 g/mol. The first-order valence-electron chi connectivity index (χ1n) is 5.36. The van der Waals surface area contributed by atoms with E-state index in [1.807, 2.05) is 0 Å². The molecule has 0 spiro atoms. The Kier molecular flexibility index (Phi) is 3.90. The van der Waals surface area contributed by atoms with E-state index in [1.165, 1.54) is 37.4 Å². The molecule has 0 heterocycles. The number of nitrogen functional groups attached to an aromatic ring is 1. The second-order valence-electron chi connectivity index (χ2n) is 3.82. The third-order valence-corrected chi connectivity index (χ3v) is 3.13. The SMILES string of the molecule is COc1cc(F)ccc1Nc1cc(F)c(Br)cc1N. The predicted molar refractivity (Wildman–Crippen MR) is 74.7 cm³/mol. The van der Waals surface area contributed by atoms with Crippen LogP contribution in [0.4, 0.5) is 25.8 Å². The molecule has 0 aliphatic carbocycles. The highest BCUT2D eigenvalue weighted by Gasteiger charge is 2.09. The van der Waals surface area contributed by atoms with Crippen molar-refractivity contribution in [1.82, 2.24) is 0 Å². The zero-order chi connectivity index (χ0) is 14.0. The summed E-state index contributed by atoms with van der Waals surface area (Å²) in [5.41, 5.74) is 7.02. The number of benzene rings is 2. The van der Waals surface area contributed by atoms with E-state index in [4.69, 9.17) is 10.5 Å². The van der Waals surface area contributed by atoms with Crippen molar-refractivity contribution < 1.29 is 13.5 Å². The van der Waals surface area contributed by atoms with E-state index in [1.54, 1.807) is 0 Å². The number of hydrogen-bond donors (Lipinski definition) is 2. The van der Waals surface area contributed by atoms with Gasteiger partial charge in [-0.05, 0) is 34.1 Å². The molecule has 0 unspecified atom stereocenters. The van der Waals surface area contributed by atoms with E-state index in [0.717, 1.165) is 0 Å². The van der Waals surface area contributed by atoms with Crippen LogP contribution in [0.3, 0.4) is 0 Å². The van der Waals surface area contributed by atoms with Crippen molar-refractivity contribution in [2.24, 2.45) is 0 Å². The molecule has 0 amide bonds. The lowest BCUT2D eigenvalue weighted by Crippen LogP contribution is -2.00. The summed E-state index contributed by atoms with van der Waals surface area (Å²) in [6.07, 6.45) is 0. The van der Waals surface area contributed by atoms with E-state index < -0.39 is 11.6 Å². The van der Waals surface area contributed by atoms with Gasteiger partial charge in [0, 0.05) is 12.1 Å². The lowest BCUT2D eigenvalue weighted by atomic mass is 10.2. The van der Waals surface area contributed by atoms with Crippen LogP contribution in [0.1, 0.15) is 0 Å². The largest absolute Gasteiger partial charge is 0.494 e. The first kappa shape index (κ1) is 13.6. The van der Waals surface area contributed by atoms with Crippen LogP contribution in [0.2, 0.25) is 0 Å². The number of halogens is 3. The summed E-state index contributed by atoms with van der Waals surface area (Å²) in [4.78, 5) is 0. The van der Waals surface area contributed by atoms with Gasteiger partial charge in [-0.15, -0.1) is 0 Å². The molecule has 0 bridgehead atoms. The number of anilines is 3. The van der Waals surface area contributed by atoms with Crippen LogP contribution < -0.4 is 15.8 Å². The lowest BCUT2D eigenvalue weighted by molar-refractivity contribution is 0.413. The molecule has 2 aromatic carbocycles. The van der Waals surface area contributed by atoms with Crippen LogP contribution in [0.15, 0.2) is 34.8 Å². The minimum Gasteiger partial charge on any atom is -0.494 e. The van der Waals surface area contributed by atoms with Gasteiger partial charge in [-0.2, -0.15) is 0 Å². The van der Waals surface area contributed by atoms with Crippen molar-refractivity contribution in [2.75, 3.05) is 18.2 Å². The molecule has 0 aliphatic heterocycles. The van der Waals surface area contributed by atoms with Crippen molar-refractivity contribution in [3.8, 4) is 5.75 Å². The molecule has 0 aromatic heterocycles. The Labute approximate surface area is 117 Å². The monoisotopic (exact) mass is 328 g/mol. The number of methoxy groups -OCH3 is 1. The van der Waals surface area contributed by atoms with E-state index in [0.29, 0.717) is 22.8 Å². The number of nitrogens with two attached hydrogens (primary N) is 1. The molecule has 2 rings (SSSR count). The molecule has 0 saturated carbocycles. The van der Waals surface area contributed by atoms with Gasteiger partial charge in [-0.1, -0.05) is 0 Å². The summed E-state index contributed by atoms with van der Waals surface area (Å²) in [5, 5.41) is 2.91. The van der Waals surface area contributed by atoms with E-state index in [2.05, 4.69) is 21.2 Å². The second kappa shape index (κ2) is 5.44. The Hall–Kier alpha value is -1.82. The van der Waals surface area contributed by atoms with Crippen LogP contribution in [0.25, 0.3) is 0 Å². The summed E-state index contributed by atoms with van der Waals surface area (Å²) in [7, 11) is 1.42. The molecule has 19 heavy (non-hydrogen) atoms. The highest BCUT2D eigenvalue weighted by molar-refractivity contribution is 9.10. The molecule has 3 N–H and O–H groups in total. The average Bonchev–Trinajstić information content (AvgIpc) is 2.37. The Bertz CT molecular complexity index is 620. The first-order chi connectivity index (χ1) is 9.01. The Balaban J connectivity index is 2.39. The molecule has 0 aliphatic rings. The molecule has 0 fully saturated rings. The molecule has 0 atom stereocenters. The Morgan fingerprint density at radius 1 is 1.16 bits per heavy atom. The summed E-state index contributed by atoms with van der Waals surface area (Å²) in [5.74, 6) is -0.558. The number of hydrogen-bond acceptors (Lipinski definition) is 3. The van der Waals surface area contributed by atoms with Crippen LogP contribution in [-0.2, 0) is 0 Å². The lowest BCUT2D eigenvalue weighted by Gasteiger charge is -2.13. The Morgan fingerprint density at radius 3 is 2.58 bits per heavy atom. The molecule has 2 aromatic rings. The third kappa shape index (κ3) is 2.96. The fraction of sp³-hybridized carbons (Fsp3) is 0.0769.